The third-order valence-electron chi connectivity index (χ3n) is 6.76. The van der Waals surface area contributed by atoms with Crippen molar-refractivity contribution in [3.8, 4) is 11.1 Å². The number of hydrogen-bond acceptors (Lipinski definition) is 5. The number of carbonyl (C=O) groups is 2. The number of nitrogens with zero attached hydrogens (tertiary/aromatic N) is 5. The van der Waals surface area contributed by atoms with Crippen molar-refractivity contribution in [3.63, 3.8) is 0 Å². The number of imidazole rings is 1. The number of pyridine rings is 1. The lowest BCUT2D eigenvalue weighted by Crippen LogP contribution is -2.26. The minimum absolute atomic E-state index is 0.174. The first-order chi connectivity index (χ1) is 18.8. The van der Waals surface area contributed by atoms with Crippen LogP contribution in [0.4, 0.5) is 9.18 Å². The first-order valence-electron chi connectivity index (χ1n) is 12.3. The maximum atomic E-state index is 13.7. The zero-order chi connectivity index (χ0) is 27.3. The van der Waals surface area contributed by atoms with Gasteiger partial charge in [-0.2, -0.15) is 0 Å². The van der Waals surface area contributed by atoms with E-state index in [0.29, 0.717) is 28.8 Å². The summed E-state index contributed by atoms with van der Waals surface area (Å²) in [6, 6.07) is 16.6. The Morgan fingerprint density at radius 3 is 2.51 bits per heavy atom. The van der Waals surface area contributed by atoms with E-state index in [4.69, 9.17) is 4.42 Å². The van der Waals surface area contributed by atoms with E-state index < -0.39 is 0 Å². The minimum atomic E-state index is -0.331. The fraction of sp³-hybridized carbons (Fsp3) is 0.133. The summed E-state index contributed by atoms with van der Waals surface area (Å²) in [6.07, 6.45) is 4.97. The van der Waals surface area contributed by atoms with Crippen molar-refractivity contribution in [2.75, 3.05) is 14.1 Å². The van der Waals surface area contributed by atoms with Crippen molar-refractivity contribution in [2.45, 2.75) is 13.5 Å². The Kier molecular flexibility index (Phi) is 5.83. The van der Waals surface area contributed by atoms with Gasteiger partial charge in [0.15, 0.2) is 5.76 Å². The van der Waals surface area contributed by atoms with Crippen LogP contribution in [0.15, 0.2) is 83.7 Å². The van der Waals surface area contributed by atoms with Gasteiger partial charge in [-0.1, -0.05) is 24.3 Å². The van der Waals surface area contributed by atoms with Crippen LogP contribution in [-0.4, -0.2) is 49.9 Å². The van der Waals surface area contributed by atoms with Crippen LogP contribution in [0.3, 0.4) is 0 Å². The predicted molar refractivity (Wildman–Crippen MR) is 145 cm³/mol. The third-order valence-corrected chi connectivity index (χ3v) is 6.76. The highest BCUT2D eigenvalue weighted by molar-refractivity contribution is 6.16. The molecular weight excluding hydrogens is 497 g/mol. The van der Waals surface area contributed by atoms with Gasteiger partial charge in [-0.3, -0.25) is 14.3 Å². The molecule has 2 aromatic carbocycles. The Bertz CT molecular complexity index is 1880. The molecule has 4 heterocycles. The molecule has 9 heteroatoms. The molecule has 194 valence electrons. The van der Waals surface area contributed by atoms with Crippen molar-refractivity contribution < 1.29 is 18.4 Å². The molecule has 6 rings (SSSR count). The van der Waals surface area contributed by atoms with E-state index in [9.17, 15) is 14.0 Å². The number of furan rings is 1. The Hall–Kier alpha value is -5.05. The fourth-order valence-corrected chi connectivity index (χ4v) is 4.78. The first kappa shape index (κ1) is 24.3. The van der Waals surface area contributed by atoms with E-state index in [0.717, 1.165) is 28.0 Å². The quantitative estimate of drug-likeness (QED) is 0.264. The van der Waals surface area contributed by atoms with Crippen LogP contribution in [-0.2, 0) is 6.54 Å². The molecule has 0 spiro atoms. The van der Waals surface area contributed by atoms with Gasteiger partial charge in [0.1, 0.15) is 22.9 Å². The highest BCUT2D eigenvalue weighted by Gasteiger charge is 2.23. The second-order valence-corrected chi connectivity index (χ2v) is 9.53. The lowest BCUT2D eigenvalue weighted by molar-refractivity contribution is 0.101. The molecule has 0 aliphatic carbocycles. The number of halogens is 1. The minimum Gasteiger partial charge on any atom is -0.456 e. The molecule has 39 heavy (non-hydrogen) atoms. The van der Waals surface area contributed by atoms with Crippen LogP contribution in [0, 0.1) is 12.7 Å². The van der Waals surface area contributed by atoms with Crippen molar-refractivity contribution in [1.82, 2.24) is 24.0 Å². The zero-order valence-electron chi connectivity index (χ0n) is 21.6. The van der Waals surface area contributed by atoms with Crippen LogP contribution < -0.4 is 0 Å². The third kappa shape index (κ3) is 4.27. The van der Waals surface area contributed by atoms with Crippen molar-refractivity contribution in [2.24, 2.45) is 0 Å². The Morgan fingerprint density at radius 2 is 1.74 bits per heavy atom. The number of amides is 1. The van der Waals surface area contributed by atoms with Gasteiger partial charge < -0.3 is 13.9 Å². The number of hydrogen-bond donors (Lipinski definition) is 0. The van der Waals surface area contributed by atoms with Crippen molar-refractivity contribution >= 4 is 33.8 Å². The normalized spacial score (nSPS) is 11.4. The fourth-order valence-electron chi connectivity index (χ4n) is 4.78. The van der Waals surface area contributed by atoms with Crippen molar-refractivity contribution in [1.29, 1.82) is 0 Å². The Morgan fingerprint density at radius 1 is 0.974 bits per heavy atom. The Labute approximate surface area is 222 Å². The molecule has 0 aliphatic rings. The van der Waals surface area contributed by atoms with Gasteiger partial charge in [-0.25, -0.2) is 14.2 Å². The van der Waals surface area contributed by atoms with E-state index in [-0.39, 0.29) is 23.4 Å². The summed E-state index contributed by atoms with van der Waals surface area (Å²) < 4.78 is 22.9. The summed E-state index contributed by atoms with van der Waals surface area (Å²) in [4.78, 5) is 36.8. The van der Waals surface area contributed by atoms with Gasteiger partial charge in [-0.15, -0.1) is 0 Å². The monoisotopic (exact) mass is 521 g/mol. The summed E-state index contributed by atoms with van der Waals surface area (Å²) in [6.45, 7) is 2.31. The molecule has 0 N–H and O–H groups in total. The molecule has 0 unspecified atom stereocenters. The lowest BCUT2D eigenvalue weighted by Gasteiger charge is -2.12. The maximum Gasteiger partial charge on any atom is 0.328 e. The number of aryl methyl sites for hydroxylation is 1. The highest BCUT2D eigenvalue weighted by atomic mass is 19.1. The van der Waals surface area contributed by atoms with Gasteiger partial charge in [0.05, 0.1) is 29.3 Å². The van der Waals surface area contributed by atoms with E-state index in [1.54, 1.807) is 63.0 Å². The molecule has 8 nitrogen and oxygen atoms in total. The molecule has 0 bridgehead atoms. The molecule has 4 aromatic heterocycles. The lowest BCUT2D eigenvalue weighted by atomic mass is 10.0. The smallest absolute Gasteiger partial charge is 0.328 e. The molecule has 0 fully saturated rings. The van der Waals surface area contributed by atoms with Crippen LogP contribution in [0.1, 0.15) is 27.7 Å². The molecule has 1 amide bonds. The molecule has 6 aromatic rings. The first-order valence-corrected chi connectivity index (χ1v) is 12.3. The van der Waals surface area contributed by atoms with E-state index in [1.807, 2.05) is 29.7 Å². The number of fused-ring (bicyclic) bond motifs is 2. The molecule has 0 saturated carbocycles. The number of carbonyl (C=O) groups excluding carboxylic acids is 2. The van der Waals surface area contributed by atoms with Crippen LogP contribution >= 0.6 is 0 Å². The van der Waals surface area contributed by atoms with Gasteiger partial charge >= 0.3 is 6.03 Å². The largest absolute Gasteiger partial charge is 0.456 e. The molecular formula is C30H24FN5O3. The molecule has 0 saturated heterocycles. The van der Waals surface area contributed by atoms with E-state index in [1.165, 1.54) is 21.6 Å². The zero-order valence-corrected chi connectivity index (χ0v) is 21.6. The van der Waals surface area contributed by atoms with Gasteiger partial charge in [0.2, 0.25) is 5.78 Å². The second kappa shape index (κ2) is 9.36. The topological polar surface area (TPSA) is 86.2 Å². The average molecular weight is 522 g/mol. The number of aromatic nitrogens is 4. The standard InChI is InChI=1S/C30H24FN5O3/c1-18-33-25-15-32-13-12-26(25)35(18)16-22-9-11-28(39-22)29(37)24-17-36(30(38)34(2)3)27-14-20(6-10-23(24)27)19-4-7-21(31)8-5-19/h4-15,17H,16H2,1-3H3. The van der Waals surface area contributed by atoms with E-state index >= 15 is 0 Å². The highest BCUT2D eigenvalue weighted by Crippen LogP contribution is 2.30. The summed E-state index contributed by atoms with van der Waals surface area (Å²) >= 11 is 0. The maximum absolute atomic E-state index is 13.7. The molecule has 0 aliphatic heterocycles. The summed E-state index contributed by atoms with van der Waals surface area (Å²) in [5.74, 6) is 0.925. The number of benzene rings is 2. The average Bonchev–Trinajstić information content (AvgIpc) is 3.64. The van der Waals surface area contributed by atoms with Gasteiger partial charge in [-0.05, 0) is 54.4 Å². The van der Waals surface area contributed by atoms with Crippen LogP contribution in [0.25, 0.3) is 33.1 Å². The van der Waals surface area contributed by atoms with E-state index in [2.05, 4.69) is 9.97 Å². The SMILES string of the molecule is Cc1nc2cnccc2n1Cc1ccc(C(=O)c2cn(C(=O)N(C)C)c3cc(-c4ccc(F)cc4)ccc23)o1. The molecule has 0 radical (unpaired) electrons. The summed E-state index contributed by atoms with van der Waals surface area (Å²) in [7, 11) is 3.30. The van der Waals surface area contributed by atoms with Gasteiger partial charge in [0.25, 0.3) is 0 Å². The van der Waals surface area contributed by atoms with Crippen LogP contribution in [0.5, 0.6) is 0 Å². The molecule has 0 atom stereocenters. The summed E-state index contributed by atoms with van der Waals surface area (Å²) in [5, 5.41) is 0.614. The summed E-state index contributed by atoms with van der Waals surface area (Å²) in [5.41, 5.74) is 4.22. The number of rotatable bonds is 5. The van der Waals surface area contributed by atoms with Gasteiger partial charge in [0, 0.05) is 31.9 Å². The second-order valence-electron chi connectivity index (χ2n) is 9.53. The number of ketones is 1. The van der Waals surface area contributed by atoms with Crippen molar-refractivity contribution in [3.05, 3.63) is 108 Å². The van der Waals surface area contributed by atoms with Crippen LogP contribution in [0.2, 0.25) is 0 Å². The Balaban J connectivity index is 1.38. The predicted octanol–water partition coefficient (Wildman–Crippen LogP) is 5.90.